The first kappa shape index (κ1) is 12.4. The summed E-state index contributed by atoms with van der Waals surface area (Å²) in [5.41, 5.74) is 2.63. The smallest absolute Gasteiger partial charge is 0.0762 e. The van der Waals surface area contributed by atoms with E-state index in [1.54, 1.807) is 0 Å². The van der Waals surface area contributed by atoms with Crippen LogP contribution in [0.4, 0.5) is 5.69 Å². The molecule has 1 unspecified atom stereocenters. The second-order valence-electron chi connectivity index (χ2n) is 4.67. The summed E-state index contributed by atoms with van der Waals surface area (Å²) in [5, 5.41) is 3.18. The summed E-state index contributed by atoms with van der Waals surface area (Å²) in [5.74, 6) is 0. The zero-order valence-corrected chi connectivity index (χ0v) is 10.8. The van der Waals surface area contributed by atoms with Crippen molar-refractivity contribution in [1.82, 2.24) is 5.32 Å². The van der Waals surface area contributed by atoms with Gasteiger partial charge in [0.15, 0.2) is 0 Å². The summed E-state index contributed by atoms with van der Waals surface area (Å²) >= 11 is 0. The Balaban J connectivity index is 1.94. The zero-order chi connectivity index (χ0) is 12.1. The van der Waals surface area contributed by atoms with E-state index >= 15 is 0 Å². The molecule has 1 fully saturated rings. The maximum atomic E-state index is 5.77. The van der Waals surface area contributed by atoms with E-state index in [2.05, 4.69) is 41.4 Å². The van der Waals surface area contributed by atoms with E-state index in [4.69, 9.17) is 4.74 Å². The molecular formula is C14H22N2O. The molecule has 1 atom stereocenters. The van der Waals surface area contributed by atoms with Gasteiger partial charge in [0.25, 0.3) is 0 Å². The fraction of sp³-hybridized carbons (Fsp3) is 0.571. The van der Waals surface area contributed by atoms with E-state index in [1.807, 2.05) is 7.05 Å². The summed E-state index contributed by atoms with van der Waals surface area (Å²) in [6, 6.07) is 8.76. The minimum absolute atomic E-state index is 0.359. The fourth-order valence-corrected chi connectivity index (χ4v) is 2.19. The van der Waals surface area contributed by atoms with Gasteiger partial charge in [-0.1, -0.05) is 17.7 Å². The number of anilines is 1. The molecule has 17 heavy (non-hydrogen) atoms. The van der Waals surface area contributed by atoms with Crippen molar-refractivity contribution in [3.8, 4) is 0 Å². The van der Waals surface area contributed by atoms with Gasteiger partial charge in [-0.05, 0) is 39.1 Å². The van der Waals surface area contributed by atoms with Gasteiger partial charge in [-0.3, -0.25) is 0 Å². The highest BCUT2D eigenvalue weighted by molar-refractivity contribution is 5.47. The molecule has 2 rings (SSSR count). The highest BCUT2D eigenvalue weighted by Gasteiger charge is 2.19. The quantitative estimate of drug-likeness (QED) is 0.860. The van der Waals surface area contributed by atoms with Crippen LogP contribution in [0.25, 0.3) is 0 Å². The second kappa shape index (κ2) is 6.03. The number of rotatable bonds is 4. The molecule has 1 aromatic carbocycles. The number of hydrogen-bond acceptors (Lipinski definition) is 3. The minimum Gasteiger partial charge on any atom is -0.374 e. The van der Waals surface area contributed by atoms with Gasteiger partial charge in [-0.25, -0.2) is 0 Å². The molecule has 1 N–H and O–H groups in total. The van der Waals surface area contributed by atoms with Gasteiger partial charge in [-0.2, -0.15) is 0 Å². The first-order valence-corrected chi connectivity index (χ1v) is 6.37. The molecule has 1 aliphatic rings. The van der Waals surface area contributed by atoms with Crippen LogP contribution in [0, 0.1) is 6.92 Å². The third kappa shape index (κ3) is 3.45. The number of benzene rings is 1. The van der Waals surface area contributed by atoms with Crippen LogP contribution in [0.5, 0.6) is 0 Å². The van der Waals surface area contributed by atoms with Gasteiger partial charge >= 0.3 is 0 Å². The van der Waals surface area contributed by atoms with Crippen molar-refractivity contribution in [2.45, 2.75) is 19.4 Å². The van der Waals surface area contributed by atoms with E-state index in [1.165, 1.54) is 11.3 Å². The lowest BCUT2D eigenvalue weighted by molar-refractivity contribution is 0.0358. The summed E-state index contributed by atoms with van der Waals surface area (Å²) in [4.78, 5) is 2.42. The maximum Gasteiger partial charge on any atom is 0.0762 e. The van der Waals surface area contributed by atoms with Crippen LogP contribution in [-0.2, 0) is 4.74 Å². The lowest BCUT2D eigenvalue weighted by Gasteiger charge is -2.34. The van der Waals surface area contributed by atoms with Gasteiger partial charge < -0.3 is 15.0 Å². The Morgan fingerprint density at radius 3 is 2.82 bits per heavy atom. The highest BCUT2D eigenvalue weighted by atomic mass is 16.5. The third-order valence-electron chi connectivity index (χ3n) is 3.25. The van der Waals surface area contributed by atoms with Gasteiger partial charge in [0.2, 0.25) is 0 Å². The molecule has 1 aliphatic heterocycles. The Morgan fingerprint density at radius 2 is 2.12 bits per heavy atom. The average molecular weight is 234 g/mol. The molecule has 0 bridgehead atoms. The molecule has 0 radical (unpaired) electrons. The van der Waals surface area contributed by atoms with Crippen molar-refractivity contribution in [2.75, 3.05) is 38.2 Å². The SMILES string of the molecule is CNCCC1CN(c2ccc(C)cc2)CCO1. The summed E-state index contributed by atoms with van der Waals surface area (Å²) in [6.07, 6.45) is 1.44. The molecule has 1 aromatic rings. The lowest BCUT2D eigenvalue weighted by atomic mass is 10.1. The van der Waals surface area contributed by atoms with Gasteiger partial charge in [0.05, 0.1) is 12.7 Å². The number of morpholine rings is 1. The lowest BCUT2D eigenvalue weighted by Crippen LogP contribution is -2.43. The number of nitrogens with one attached hydrogen (secondary N) is 1. The van der Waals surface area contributed by atoms with Crippen molar-refractivity contribution >= 4 is 5.69 Å². The van der Waals surface area contributed by atoms with Gasteiger partial charge in [-0.15, -0.1) is 0 Å². The summed E-state index contributed by atoms with van der Waals surface area (Å²) < 4.78 is 5.77. The van der Waals surface area contributed by atoms with Crippen LogP contribution < -0.4 is 10.2 Å². The van der Waals surface area contributed by atoms with Crippen LogP contribution in [-0.4, -0.2) is 39.4 Å². The molecular weight excluding hydrogens is 212 g/mol. The van der Waals surface area contributed by atoms with Crippen molar-refractivity contribution in [2.24, 2.45) is 0 Å². The van der Waals surface area contributed by atoms with Crippen LogP contribution in [0.15, 0.2) is 24.3 Å². The Labute approximate surface area is 104 Å². The Hall–Kier alpha value is -1.06. The molecule has 0 aliphatic carbocycles. The maximum absolute atomic E-state index is 5.77. The van der Waals surface area contributed by atoms with E-state index in [9.17, 15) is 0 Å². The van der Waals surface area contributed by atoms with E-state index in [0.29, 0.717) is 6.10 Å². The highest BCUT2D eigenvalue weighted by Crippen LogP contribution is 2.19. The number of hydrogen-bond donors (Lipinski definition) is 1. The van der Waals surface area contributed by atoms with Crippen LogP contribution in [0.3, 0.4) is 0 Å². The summed E-state index contributed by atoms with van der Waals surface area (Å²) in [6.45, 7) is 5.98. The minimum atomic E-state index is 0.359. The molecule has 0 spiro atoms. The predicted molar refractivity (Wildman–Crippen MR) is 71.7 cm³/mol. The van der Waals surface area contributed by atoms with Crippen molar-refractivity contribution in [3.05, 3.63) is 29.8 Å². The van der Waals surface area contributed by atoms with Crippen LogP contribution >= 0.6 is 0 Å². The molecule has 1 saturated heterocycles. The van der Waals surface area contributed by atoms with Gasteiger partial charge in [0, 0.05) is 18.8 Å². The summed E-state index contributed by atoms with van der Waals surface area (Å²) in [7, 11) is 1.99. The molecule has 0 aromatic heterocycles. The van der Waals surface area contributed by atoms with Crippen LogP contribution in [0.1, 0.15) is 12.0 Å². The van der Waals surface area contributed by atoms with Crippen molar-refractivity contribution < 1.29 is 4.74 Å². The number of ether oxygens (including phenoxy) is 1. The Bertz CT molecular complexity index is 337. The van der Waals surface area contributed by atoms with Crippen molar-refractivity contribution in [3.63, 3.8) is 0 Å². The monoisotopic (exact) mass is 234 g/mol. The second-order valence-corrected chi connectivity index (χ2v) is 4.67. The Kier molecular flexibility index (Phi) is 4.40. The molecule has 0 amide bonds. The van der Waals surface area contributed by atoms with E-state index in [-0.39, 0.29) is 0 Å². The van der Waals surface area contributed by atoms with Gasteiger partial charge in [0.1, 0.15) is 0 Å². The topological polar surface area (TPSA) is 24.5 Å². The fourth-order valence-electron chi connectivity index (χ4n) is 2.19. The largest absolute Gasteiger partial charge is 0.374 e. The average Bonchev–Trinajstić information content (AvgIpc) is 2.37. The molecule has 3 heteroatoms. The molecule has 94 valence electrons. The normalized spacial score (nSPS) is 20.6. The molecule has 0 saturated carbocycles. The van der Waals surface area contributed by atoms with E-state index < -0.39 is 0 Å². The van der Waals surface area contributed by atoms with Crippen LogP contribution in [0.2, 0.25) is 0 Å². The molecule has 3 nitrogen and oxygen atoms in total. The number of aryl methyl sites for hydroxylation is 1. The van der Waals surface area contributed by atoms with Crippen molar-refractivity contribution in [1.29, 1.82) is 0 Å². The predicted octanol–water partition coefficient (Wildman–Crippen LogP) is 1.81. The van der Waals surface area contributed by atoms with E-state index in [0.717, 1.165) is 32.7 Å². The Morgan fingerprint density at radius 1 is 1.35 bits per heavy atom. The first-order chi connectivity index (χ1) is 8.29. The standard InChI is InChI=1S/C14H22N2O/c1-12-3-5-13(6-4-12)16-9-10-17-14(11-16)7-8-15-2/h3-6,14-15H,7-11H2,1-2H3. The first-order valence-electron chi connectivity index (χ1n) is 6.37. The zero-order valence-electron chi connectivity index (χ0n) is 10.8. The number of nitrogens with zero attached hydrogens (tertiary/aromatic N) is 1. The molecule has 1 heterocycles. The third-order valence-corrected chi connectivity index (χ3v) is 3.25.